The number of hydrogen-bond donors (Lipinski definition) is 1. The van der Waals surface area contributed by atoms with Gasteiger partial charge in [0, 0.05) is 5.02 Å². The molecule has 0 saturated heterocycles. The van der Waals surface area contributed by atoms with Crippen molar-refractivity contribution >= 4 is 43.2 Å². The summed E-state index contributed by atoms with van der Waals surface area (Å²) < 4.78 is 46.0. The van der Waals surface area contributed by atoms with Gasteiger partial charge in [0.2, 0.25) is 0 Å². The van der Waals surface area contributed by atoms with Crippen LogP contribution in [0.3, 0.4) is 0 Å². The highest BCUT2D eigenvalue weighted by Crippen LogP contribution is 2.37. The number of anilines is 1. The summed E-state index contributed by atoms with van der Waals surface area (Å²) in [5.41, 5.74) is 0.111. The molecule has 0 saturated carbocycles. The van der Waals surface area contributed by atoms with Crippen LogP contribution in [0.5, 0.6) is 5.75 Å². The molecular weight excluding hydrogens is 385 g/mol. The number of benzene rings is 2. The SMILES string of the molecule is COc1c(Br)cc(Cl)cc1NS(=O)(=O)c1ccccc1F. The first-order chi connectivity index (χ1) is 9.85. The van der Waals surface area contributed by atoms with Gasteiger partial charge in [-0.2, -0.15) is 0 Å². The van der Waals surface area contributed by atoms with Gasteiger partial charge in [-0.15, -0.1) is 0 Å². The Kier molecular flexibility index (Phi) is 4.75. The summed E-state index contributed by atoms with van der Waals surface area (Å²) in [7, 11) is -2.71. The van der Waals surface area contributed by atoms with Gasteiger partial charge in [-0.3, -0.25) is 4.72 Å². The van der Waals surface area contributed by atoms with Crippen molar-refractivity contribution < 1.29 is 17.5 Å². The predicted molar refractivity (Wildman–Crippen MR) is 82.9 cm³/mol. The number of halogens is 3. The first-order valence-corrected chi connectivity index (χ1v) is 8.31. The normalized spacial score (nSPS) is 11.2. The van der Waals surface area contributed by atoms with Crippen LogP contribution in [-0.2, 0) is 10.0 Å². The minimum absolute atomic E-state index is 0.111. The van der Waals surface area contributed by atoms with E-state index in [-0.39, 0.29) is 11.4 Å². The van der Waals surface area contributed by atoms with Gasteiger partial charge in [-0.05, 0) is 40.2 Å². The van der Waals surface area contributed by atoms with Crippen molar-refractivity contribution in [1.29, 1.82) is 0 Å². The minimum atomic E-state index is -4.09. The number of hydrogen-bond acceptors (Lipinski definition) is 3. The summed E-state index contributed by atoms with van der Waals surface area (Å²) in [6, 6.07) is 8.02. The summed E-state index contributed by atoms with van der Waals surface area (Å²) in [6.07, 6.45) is 0. The maximum atomic E-state index is 13.6. The molecule has 0 aliphatic carbocycles. The maximum Gasteiger partial charge on any atom is 0.264 e. The van der Waals surface area contributed by atoms with Crippen LogP contribution >= 0.6 is 27.5 Å². The van der Waals surface area contributed by atoms with Crippen LogP contribution in [0.2, 0.25) is 5.02 Å². The summed E-state index contributed by atoms with van der Waals surface area (Å²) in [5.74, 6) is -0.593. The summed E-state index contributed by atoms with van der Waals surface area (Å²) >= 11 is 9.11. The van der Waals surface area contributed by atoms with Gasteiger partial charge in [-0.25, -0.2) is 12.8 Å². The fourth-order valence-corrected chi connectivity index (χ4v) is 3.81. The molecule has 21 heavy (non-hydrogen) atoms. The lowest BCUT2D eigenvalue weighted by Crippen LogP contribution is -2.15. The lowest BCUT2D eigenvalue weighted by atomic mass is 10.3. The van der Waals surface area contributed by atoms with Crippen molar-refractivity contribution in [2.24, 2.45) is 0 Å². The number of sulfonamides is 1. The topological polar surface area (TPSA) is 55.4 Å². The van der Waals surface area contributed by atoms with Crippen LogP contribution in [0.15, 0.2) is 45.8 Å². The molecule has 0 atom stereocenters. The molecule has 1 N–H and O–H groups in total. The molecule has 4 nitrogen and oxygen atoms in total. The molecule has 0 amide bonds. The highest BCUT2D eigenvalue weighted by Gasteiger charge is 2.21. The quantitative estimate of drug-likeness (QED) is 0.851. The standard InChI is InChI=1S/C13H10BrClFNO3S/c1-20-13-9(14)6-8(15)7-11(13)17-21(18,19)12-5-3-2-4-10(12)16/h2-7,17H,1H3. The van der Waals surface area contributed by atoms with Crippen LogP contribution in [0.25, 0.3) is 0 Å². The van der Waals surface area contributed by atoms with E-state index in [1.807, 2.05) is 0 Å². The molecule has 0 fully saturated rings. The van der Waals surface area contributed by atoms with Gasteiger partial charge in [0.1, 0.15) is 10.7 Å². The second-order valence-corrected chi connectivity index (χ2v) is 6.95. The first-order valence-electron chi connectivity index (χ1n) is 5.65. The second-order valence-electron chi connectivity index (χ2n) is 4.00. The van der Waals surface area contributed by atoms with Gasteiger partial charge in [-0.1, -0.05) is 23.7 Å². The van der Waals surface area contributed by atoms with E-state index in [2.05, 4.69) is 20.7 Å². The molecule has 2 aromatic carbocycles. The molecule has 0 aliphatic heterocycles. The van der Waals surface area contributed by atoms with Crippen molar-refractivity contribution in [3.8, 4) is 5.75 Å². The molecule has 0 bridgehead atoms. The largest absolute Gasteiger partial charge is 0.493 e. The minimum Gasteiger partial charge on any atom is -0.493 e. The third kappa shape index (κ3) is 3.48. The van der Waals surface area contributed by atoms with Gasteiger partial charge < -0.3 is 4.74 Å². The monoisotopic (exact) mass is 393 g/mol. The highest BCUT2D eigenvalue weighted by molar-refractivity contribution is 9.10. The van der Waals surface area contributed by atoms with Gasteiger partial charge >= 0.3 is 0 Å². The molecule has 0 spiro atoms. The number of nitrogens with one attached hydrogen (secondary N) is 1. The molecule has 0 radical (unpaired) electrons. The van der Waals surface area contributed by atoms with E-state index in [1.165, 1.54) is 31.4 Å². The van der Waals surface area contributed by atoms with Crippen LogP contribution in [-0.4, -0.2) is 15.5 Å². The zero-order valence-corrected chi connectivity index (χ0v) is 13.9. The molecule has 112 valence electrons. The molecule has 0 aromatic heterocycles. The van der Waals surface area contributed by atoms with Gasteiger partial charge in [0.25, 0.3) is 10.0 Å². The Balaban J connectivity index is 2.49. The van der Waals surface area contributed by atoms with Crippen LogP contribution in [0.4, 0.5) is 10.1 Å². The smallest absolute Gasteiger partial charge is 0.264 e. The van der Waals surface area contributed by atoms with Crippen molar-refractivity contribution in [2.45, 2.75) is 4.90 Å². The Morgan fingerprint density at radius 3 is 2.57 bits per heavy atom. The number of ether oxygens (including phenoxy) is 1. The molecule has 0 heterocycles. The van der Waals surface area contributed by atoms with Crippen LogP contribution < -0.4 is 9.46 Å². The number of methoxy groups -OCH3 is 1. The summed E-state index contributed by atoms with van der Waals surface area (Å²) in [5, 5.41) is 0.300. The van der Waals surface area contributed by atoms with E-state index < -0.39 is 20.7 Å². The lowest BCUT2D eigenvalue weighted by molar-refractivity contribution is 0.414. The summed E-state index contributed by atoms with van der Waals surface area (Å²) in [4.78, 5) is -0.455. The first kappa shape index (κ1) is 16.1. The van der Waals surface area contributed by atoms with E-state index in [0.717, 1.165) is 6.07 Å². The van der Waals surface area contributed by atoms with Gasteiger partial charge in [0.05, 0.1) is 17.3 Å². The Hall–Kier alpha value is -1.31. The van der Waals surface area contributed by atoms with Crippen LogP contribution in [0.1, 0.15) is 0 Å². The Morgan fingerprint density at radius 1 is 1.29 bits per heavy atom. The zero-order chi connectivity index (χ0) is 15.6. The fraction of sp³-hybridized carbons (Fsp3) is 0.0769. The zero-order valence-electron chi connectivity index (χ0n) is 10.7. The van der Waals surface area contributed by atoms with E-state index in [1.54, 1.807) is 6.07 Å². The fourth-order valence-electron chi connectivity index (χ4n) is 1.71. The van der Waals surface area contributed by atoms with E-state index in [4.69, 9.17) is 16.3 Å². The average Bonchev–Trinajstić information content (AvgIpc) is 2.38. The predicted octanol–water partition coefficient (Wildman–Crippen LogP) is 4.05. The van der Waals surface area contributed by atoms with E-state index >= 15 is 0 Å². The van der Waals surface area contributed by atoms with Crippen molar-refractivity contribution in [2.75, 3.05) is 11.8 Å². The number of rotatable bonds is 4. The molecular formula is C13H10BrClFNO3S. The molecule has 2 aromatic rings. The average molecular weight is 395 g/mol. The van der Waals surface area contributed by atoms with Crippen molar-refractivity contribution in [3.05, 3.63) is 51.7 Å². The Bertz CT molecular complexity index is 783. The van der Waals surface area contributed by atoms with Crippen LogP contribution in [0, 0.1) is 5.82 Å². The molecule has 2 rings (SSSR count). The molecule has 8 heteroatoms. The van der Waals surface area contributed by atoms with Crippen molar-refractivity contribution in [1.82, 2.24) is 0 Å². The maximum absolute atomic E-state index is 13.6. The Labute approximate surface area is 135 Å². The van der Waals surface area contributed by atoms with Gasteiger partial charge in [0.15, 0.2) is 5.75 Å². The third-order valence-corrected chi connectivity index (χ3v) is 4.79. The van der Waals surface area contributed by atoms with Crippen molar-refractivity contribution in [3.63, 3.8) is 0 Å². The lowest BCUT2D eigenvalue weighted by Gasteiger charge is -2.14. The van der Waals surface area contributed by atoms with E-state index in [9.17, 15) is 12.8 Å². The summed E-state index contributed by atoms with van der Waals surface area (Å²) in [6.45, 7) is 0. The third-order valence-electron chi connectivity index (χ3n) is 2.58. The second kappa shape index (κ2) is 6.21. The Morgan fingerprint density at radius 2 is 1.95 bits per heavy atom. The molecule has 0 aliphatic rings. The molecule has 0 unspecified atom stereocenters. The highest BCUT2D eigenvalue weighted by atomic mass is 79.9. The van der Waals surface area contributed by atoms with E-state index in [0.29, 0.717) is 9.50 Å².